The SMILES string of the molecule is COCCCC1(CO)CC2CC2C1. The van der Waals surface area contributed by atoms with Gasteiger partial charge in [-0.05, 0) is 49.4 Å². The molecule has 0 amide bonds. The first-order chi connectivity index (χ1) is 6.29. The molecule has 13 heavy (non-hydrogen) atoms. The monoisotopic (exact) mass is 184 g/mol. The average Bonchev–Trinajstić information content (AvgIpc) is 2.76. The highest BCUT2D eigenvalue weighted by atomic mass is 16.5. The number of ether oxygens (including phenoxy) is 1. The van der Waals surface area contributed by atoms with E-state index in [0.29, 0.717) is 6.61 Å². The molecule has 0 heterocycles. The highest BCUT2D eigenvalue weighted by Crippen LogP contribution is 2.61. The minimum absolute atomic E-state index is 0.284. The molecule has 2 nitrogen and oxygen atoms in total. The molecule has 2 saturated carbocycles. The summed E-state index contributed by atoms with van der Waals surface area (Å²) in [6.07, 6.45) is 6.25. The molecule has 0 radical (unpaired) electrons. The van der Waals surface area contributed by atoms with Crippen LogP contribution < -0.4 is 0 Å². The van der Waals surface area contributed by atoms with E-state index in [0.717, 1.165) is 31.3 Å². The van der Waals surface area contributed by atoms with Gasteiger partial charge in [-0.1, -0.05) is 0 Å². The summed E-state index contributed by atoms with van der Waals surface area (Å²) in [5.74, 6) is 1.93. The van der Waals surface area contributed by atoms with Crippen molar-refractivity contribution in [1.82, 2.24) is 0 Å². The van der Waals surface area contributed by atoms with Crippen LogP contribution in [0.25, 0.3) is 0 Å². The van der Waals surface area contributed by atoms with E-state index in [2.05, 4.69) is 0 Å². The third-order valence-electron chi connectivity index (χ3n) is 3.85. The Morgan fingerprint density at radius 1 is 1.38 bits per heavy atom. The molecule has 2 atom stereocenters. The molecule has 2 fully saturated rings. The van der Waals surface area contributed by atoms with Crippen LogP contribution in [0.2, 0.25) is 0 Å². The molecule has 2 aliphatic carbocycles. The summed E-state index contributed by atoms with van der Waals surface area (Å²) in [7, 11) is 1.75. The molecule has 0 aliphatic heterocycles. The van der Waals surface area contributed by atoms with Crippen molar-refractivity contribution in [1.29, 1.82) is 0 Å². The lowest BCUT2D eigenvalue weighted by molar-refractivity contribution is 0.0915. The fourth-order valence-corrected chi connectivity index (χ4v) is 3.01. The van der Waals surface area contributed by atoms with Gasteiger partial charge in [-0.2, -0.15) is 0 Å². The maximum atomic E-state index is 9.41. The number of fused-ring (bicyclic) bond motifs is 1. The summed E-state index contributed by atoms with van der Waals surface area (Å²) in [6, 6.07) is 0. The van der Waals surface area contributed by atoms with Gasteiger partial charge in [0.2, 0.25) is 0 Å². The maximum Gasteiger partial charge on any atom is 0.0487 e. The fourth-order valence-electron chi connectivity index (χ4n) is 3.01. The Morgan fingerprint density at radius 3 is 2.62 bits per heavy atom. The normalized spacial score (nSPS) is 42.0. The first kappa shape index (κ1) is 9.47. The van der Waals surface area contributed by atoms with Crippen LogP contribution in [0.4, 0.5) is 0 Å². The molecule has 0 aromatic heterocycles. The molecule has 76 valence electrons. The Bertz CT molecular complexity index is 169. The van der Waals surface area contributed by atoms with Gasteiger partial charge in [0.25, 0.3) is 0 Å². The third-order valence-corrected chi connectivity index (χ3v) is 3.85. The zero-order valence-electron chi connectivity index (χ0n) is 8.46. The Kier molecular flexibility index (Phi) is 2.61. The quantitative estimate of drug-likeness (QED) is 0.660. The van der Waals surface area contributed by atoms with Crippen molar-refractivity contribution in [3.63, 3.8) is 0 Å². The van der Waals surface area contributed by atoms with Gasteiger partial charge in [-0.25, -0.2) is 0 Å². The predicted octanol–water partition coefficient (Wildman–Crippen LogP) is 1.82. The summed E-state index contributed by atoms with van der Waals surface area (Å²) in [6.45, 7) is 1.24. The van der Waals surface area contributed by atoms with E-state index in [-0.39, 0.29) is 5.41 Å². The molecule has 0 saturated heterocycles. The van der Waals surface area contributed by atoms with Crippen LogP contribution in [-0.4, -0.2) is 25.4 Å². The number of aliphatic hydroxyl groups excluding tert-OH is 1. The van der Waals surface area contributed by atoms with E-state index in [4.69, 9.17) is 4.74 Å². The summed E-state index contributed by atoms with van der Waals surface area (Å²) >= 11 is 0. The standard InChI is InChI=1S/C11H20O2/c1-13-4-2-3-11(8-12)6-9-5-10(9)7-11/h9-10,12H,2-8H2,1H3. The summed E-state index contributed by atoms with van der Waals surface area (Å²) in [5.41, 5.74) is 0.284. The maximum absolute atomic E-state index is 9.41. The van der Waals surface area contributed by atoms with E-state index < -0.39 is 0 Å². The smallest absolute Gasteiger partial charge is 0.0487 e. The van der Waals surface area contributed by atoms with Gasteiger partial charge in [0.1, 0.15) is 0 Å². The number of hydrogen-bond acceptors (Lipinski definition) is 2. The largest absolute Gasteiger partial charge is 0.396 e. The van der Waals surface area contributed by atoms with Crippen molar-refractivity contribution in [3.8, 4) is 0 Å². The highest BCUT2D eigenvalue weighted by Gasteiger charge is 2.52. The molecule has 2 aliphatic rings. The summed E-state index contributed by atoms with van der Waals surface area (Å²) in [4.78, 5) is 0. The van der Waals surface area contributed by atoms with E-state index in [1.807, 2.05) is 0 Å². The van der Waals surface area contributed by atoms with Crippen LogP contribution in [0, 0.1) is 17.3 Å². The molecular weight excluding hydrogens is 164 g/mol. The molecular formula is C11H20O2. The minimum atomic E-state index is 0.284. The third kappa shape index (κ3) is 1.89. The van der Waals surface area contributed by atoms with Gasteiger partial charge in [-0.15, -0.1) is 0 Å². The van der Waals surface area contributed by atoms with Crippen LogP contribution in [-0.2, 0) is 4.74 Å². The van der Waals surface area contributed by atoms with E-state index in [9.17, 15) is 5.11 Å². The second-order valence-corrected chi connectivity index (χ2v) is 4.92. The minimum Gasteiger partial charge on any atom is -0.396 e. The first-order valence-electron chi connectivity index (χ1n) is 5.39. The van der Waals surface area contributed by atoms with E-state index in [1.54, 1.807) is 7.11 Å². The van der Waals surface area contributed by atoms with Crippen molar-refractivity contribution < 1.29 is 9.84 Å². The van der Waals surface area contributed by atoms with Crippen LogP contribution in [0.5, 0.6) is 0 Å². The average molecular weight is 184 g/mol. The van der Waals surface area contributed by atoms with Gasteiger partial charge in [0.05, 0.1) is 0 Å². The lowest BCUT2D eigenvalue weighted by Gasteiger charge is -2.28. The van der Waals surface area contributed by atoms with Crippen LogP contribution in [0.15, 0.2) is 0 Å². The predicted molar refractivity (Wildman–Crippen MR) is 51.5 cm³/mol. The van der Waals surface area contributed by atoms with E-state index in [1.165, 1.54) is 19.3 Å². The van der Waals surface area contributed by atoms with Crippen LogP contribution in [0.1, 0.15) is 32.1 Å². The molecule has 2 rings (SSSR count). The lowest BCUT2D eigenvalue weighted by atomic mass is 9.80. The van der Waals surface area contributed by atoms with Crippen LogP contribution >= 0.6 is 0 Å². The zero-order chi connectivity index (χ0) is 9.31. The molecule has 0 aromatic carbocycles. The highest BCUT2D eigenvalue weighted by molar-refractivity contribution is 5.02. The summed E-state index contributed by atoms with van der Waals surface area (Å²) < 4.78 is 5.05. The fraction of sp³-hybridized carbons (Fsp3) is 1.00. The number of aliphatic hydroxyl groups is 1. The lowest BCUT2D eigenvalue weighted by Crippen LogP contribution is -2.24. The van der Waals surface area contributed by atoms with Gasteiger partial charge in [0, 0.05) is 20.3 Å². The molecule has 2 unspecified atom stereocenters. The van der Waals surface area contributed by atoms with Crippen molar-refractivity contribution >= 4 is 0 Å². The van der Waals surface area contributed by atoms with Gasteiger partial charge in [-0.3, -0.25) is 0 Å². The van der Waals surface area contributed by atoms with E-state index >= 15 is 0 Å². The zero-order valence-corrected chi connectivity index (χ0v) is 8.46. The molecule has 1 N–H and O–H groups in total. The Labute approximate surface area is 80.3 Å². The van der Waals surface area contributed by atoms with Gasteiger partial charge in [0.15, 0.2) is 0 Å². The topological polar surface area (TPSA) is 29.5 Å². The Hall–Kier alpha value is -0.0800. The molecule has 2 heteroatoms. The van der Waals surface area contributed by atoms with Crippen molar-refractivity contribution in [2.75, 3.05) is 20.3 Å². The summed E-state index contributed by atoms with van der Waals surface area (Å²) in [5, 5.41) is 9.41. The van der Waals surface area contributed by atoms with Crippen molar-refractivity contribution in [2.45, 2.75) is 32.1 Å². The number of rotatable bonds is 5. The van der Waals surface area contributed by atoms with Crippen molar-refractivity contribution in [2.24, 2.45) is 17.3 Å². The number of hydrogen-bond donors (Lipinski definition) is 1. The first-order valence-corrected chi connectivity index (χ1v) is 5.39. The molecule has 0 bridgehead atoms. The van der Waals surface area contributed by atoms with Gasteiger partial charge < -0.3 is 9.84 Å². The second-order valence-electron chi connectivity index (χ2n) is 4.92. The Morgan fingerprint density at radius 2 is 2.08 bits per heavy atom. The van der Waals surface area contributed by atoms with Crippen molar-refractivity contribution in [3.05, 3.63) is 0 Å². The van der Waals surface area contributed by atoms with Gasteiger partial charge >= 0.3 is 0 Å². The molecule has 0 aromatic rings. The molecule has 0 spiro atoms. The number of methoxy groups -OCH3 is 1. The second kappa shape index (κ2) is 3.58. The Balaban J connectivity index is 1.78. The van der Waals surface area contributed by atoms with Crippen LogP contribution in [0.3, 0.4) is 0 Å².